The van der Waals surface area contributed by atoms with Crippen molar-refractivity contribution in [1.29, 1.82) is 0 Å². The van der Waals surface area contributed by atoms with E-state index in [1.54, 1.807) is 0 Å². The van der Waals surface area contributed by atoms with E-state index in [2.05, 4.69) is 41.4 Å². The molecule has 1 aliphatic carbocycles. The third-order valence-corrected chi connectivity index (χ3v) is 4.94. The van der Waals surface area contributed by atoms with E-state index >= 15 is 0 Å². The Balaban J connectivity index is 1.57. The second-order valence-corrected chi connectivity index (χ2v) is 6.59. The zero-order chi connectivity index (χ0) is 14.2. The highest BCUT2D eigenvalue weighted by Crippen LogP contribution is 2.32. The second kappa shape index (κ2) is 5.47. The van der Waals surface area contributed by atoms with E-state index < -0.39 is 0 Å². The lowest BCUT2D eigenvalue weighted by atomic mass is 10.1. The lowest BCUT2D eigenvalue weighted by Gasteiger charge is -2.25. The zero-order valence-electron chi connectivity index (χ0n) is 12.8. The average molecular weight is 284 g/mol. The van der Waals surface area contributed by atoms with Crippen LogP contribution in [0.15, 0.2) is 28.7 Å². The fourth-order valence-electron chi connectivity index (χ4n) is 3.60. The van der Waals surface area contributed by atoms with Crippen LogP contribution in [-0.2, 0) is 6.54 Å². The SMILES string of the molecule is Cc1oc2ccccc2c1CN(CC1CCCN1)C1CC1. The predicted octanol–water partition coefficient (Wildman–Crippen LogP) is 3.46. The Hall–Kier alpha value is -1.32. The Bertz CT molecular complexity index is 623. The molecule has 1 atom stereocenters. The first-order valence-corrected chi connectivity index (χ1v) is 8.26. The molecule has 2 aromatic rings. The summed E-state index contributed by atoms with van der Waals surface area (Å²) in [6.45, 7) is 5.51. The Morgan fingerprint density at radius 2 is 2.10 bits per heavy atom. The Kier molecular flexibility index (Phi) is 3.48. The van der Waals surface area contributed by atoms with Gasteiger partial charge in [0.15, 0.2) is 0 Å². The summed E-state index contributed by atoms with van der Waals surface area (Å²) in [5.74, 6) is 1.08. The summed E-state index contributed by atoms with van der Waals surface area (Å²) >= 11 is 0. The molecule has 4 rings (SSSR count). The molecule has 3 nitrogen and oxygen atoms in total. The molecule has 1 N–H and O–H groups in total. The fraction of sp³-hybridized carbons (Fsp3) is 0.556. The molecule has 2 aliphatic rings. The van der Waals surface area contributed by atoms with Gasteiger partial charge >= 0.3 is 0 Å². The van der Waals surface area contributed by atoms with E-state index in [0.717, 1.165) is 23.9 Å². The standard InChI is InChI=1S/C18H24N2O/c1-13-17(16-6-2-3-7-18(16)21-13)12-20(15-8-9-15)11-14-5-4-10-19-14/h2-3,6-7,14-15,19H,4-5,8-12H2,1H3. The van der Waals surface area contributed by atoms with Gasteiger partial charge in [-0.05, 0) is 45.2 Å². The molecule has 2 fully saturated rings. The van der Waals surface area contributed by atoms with Gasteiger partial charge in [0.05, 0.1) is 0 Å². The van der Waals surface area contributed by atoms with Gasteiger partial charge in [0.25, 0.3) is 0 Å². The highest BCUT2D eigenvalue weighted by atomic mass is 16.3. The smallest absolute Gasteiger partial charge is 0.134 e. The molecule has 1 saturated carbocycles. The number of hydrogen-bond donors (Lipinski definition) is 1. The van der Waals surface area contributed by atoms with Gasteiger partial charge in [0.2, 0.25) is 0 Å². The molecule has 0 amide bonds. The molecule has 0 bridgehead atoms. The van der Waals surface area contributed by atoms with Crippen LogP contribution in [0.4, 0.5) is 0 Å². The van der Waals surface area contributed by atoms with Gasteiger partial charge < -0.3 is 9.73 Å². The average Bonchev–Trinajstić information content (AvgIpc) is 3.12. The normalized spacial score (nSPS) is 22.5. The minimum absolute atomic E-state index is 0.684. The maximum Gasteiger partial charge on any atom is 0.134 e. The molecular weight excluding hydrogens is 260 g/mol. The van der Waals surface area contributed by atoms with Crippen molar-refractivity contribution in [2.45, 2.75) is 51.2 Å². The fourth-order valence-corrected chi connectivity index (χ4v) is 3.60. The van der Waals surface area contributed by atoms with Crippen molar-refractivity contribution in [3.63, 3.8) is 0 Å². The largest absolute Gasteiger partial charge is 0.461 e. The lowest BCUT2D eigenvalue weighted by molar-refractivity contribution is 0.230. The summed E-state index contributed by atoms with van der Waals surface area (Å²) in [5.41, 5.74) is 2.41. The summed E-state index contributed by atoms with van der Waals surface area (Å²) in [7, 11) is 0. The van der Waals surface area contributed by atoms with Crippen molar-refractivity contribution in [1.82, 2.24) is 10.2 Å². The molecule has 21 heavy (non-hydrogen) atoms. The van der Waals surface area contributed by atoms with Crippen LogP contribution in [0.25, 0.3) is 11.0 Å². The number of para-hydroxylation sites is 1. The first-order chi connectivity index (χ1) is 10.3. The van der Waals surface area contributed by atoms with Crippen LogP contribution in [0, 0.1) is 6.92 Å². The summed E-state index contributed by atoms with van der Waals surface area (Å²) < 4.78 is 5.93. The highest BCUT2D eigenvalue weighted by Gasteiger charge is 2.32. The van der Waals surface area contributed by atoms with Crippen LogP contribution >= 0.6 is 0 Å². The van der Waals surface area contributed by atoms with Crippen LogP contribution in [0.1, 0.15) is 37.0 Å². The molecule has 1 saturated heterocycles. The van der Waals surface area contributed by atoms with Crippen LogP contribution in [0.5, 0.6) is 0 Å². The third kappa shape index (κ3) is 2.72. The van der Waals surface area contributed by atoms with Gasteiger partial charge in [-0.25, -0.2) is 0 Å². The van der Waals surface area contributed by atoms with Crippen LogP contribution < -0.4 is 5.32 Å². The number of furan rings is 1. The topological polar surface area (TPSA) is 28.4 Å². The number of benzene rings is 1. The van der Waals surface area contributed by atoms with Gasteiger partial charge in [0.1, 0.15) is 11.3 Å². The van der Waals surface area contributed by atoms with E-state index in [-0.39, 0.29) is 0 Å². The molecule has 1 aromatic carbocycles. The molecule has 112 valence electrons. The van der Waals surface area contributed by atoms with Gasteiger partial charge in [-0.15, -0.1) is 0 Å². The lowest BCUT2D eigenvalue weighted by Crippen LogP contribution is -2.38. The molecule has 0 radical (unpaired) electrons. The second-order valence-electron chi connectivity index (χ2n) is 6.59. The quantitative estimate of drug-likeness (QED) is 0.911. The number of fused-ring (bicyclic) bond motifs is 1. The van der Waals surface area contributed by atoms with Crippen LogP contribution in [-0.4, -0.2) is 30.1 Å². The van der Waals surface area contributed by atoms with Crippen molar-refractivity contribution < 1.29 is 4.42 Å². The number of hydrogen-bond acceptors (Lipinski definition) is 3. The van der Waals surface area contributed by atoms with Crippen LogP contribution in [0.3, 0.4) is 0 Å². The maximum atomic E-state index is 5.93. The van der Waals surface area contributed by atoms with E-state index in [4.69, 9.17) is 4.42 Å². The summed E-state index contributed by atoms with van der Waals surface area (Å²) in [4.78, 5) is 2.67. The van der Waals surface area contributed by atoms with Crippen LogP contribution in [0.2, 0.25) is 0 Å². The van der Waals surface area contributed by atoms with Gasteiger partial charge in [-0.2, -0.15) is 0 Å². The van der Waals surface area contributed by atoms with E-state index in [1.165, 1.54) is 49.7 Å². The van der Waals surface area contributed by atoms with Crippen molar-refractivity contribution >= 4 is 11.0 Å². The summed E-state index contributed by atoms with van der Waals surface area (Å²) in [6, 6.07) is 9.91. The van der Waals surface area contributed by atoms with Crippen molar-refractivity contribution in [3.8, 4) is 0 Å². The summed E-state index contributed by atoms with van der Waals surface area (Å²) in [5, 5.41) is 4.93. The highest BCUT2D eigenvalue weighted by molar-refractivity contribution is 5.82. The van der Waals surface area contributed by atoms with Crippen molar-refractivity contribution in [3.05, 3.63) is 35.6 Å². The monoisotopic (exact) mass is 284 g/mol. The Morgan fingerprint density at radius 1 is 1.24 bits per heavy atom. The molecular formula is C18H24N2O. The number of aryl methyl sites for hydroxylation is 1. The molecule has 0 spiro atoms. The van der Waals surface area contributed by atoms with E-state index in [0.29, 0.717) is 6.04 Å². The van der Waals surface area contributed by atoms with Gasteiger partial charge in [-0.3, -0.25) is 4.90 Å². The molecule has 1 aliphatic heterocycles. The maximum absolute atomic E-state index is 5.93. The number of rotatable bonds is 5. The van der Waals surface area contributed by atoms with Gasteiger partial charge in [-0.1, -0.05) is 18.2 Å². The van der Waals surface area contributed by atoms with Crippen molar-refractivity contribution in [2.24, 2.45) is 0 Å². The molecule has 2 heterocycles. The zero-order valence-corrected chi connectivity index (χ0v) is 12.8. The minimum atomic E-state index is 0.684. The first-order valence-electron chi connectivity index (χ1n) is 8.26. The predicted molar refractivity (Wildman–Crippen MR) is 85.4 cm³/mol. The third-order valence-electron chi connectivity index (χ3n) is 4.94. The van der Waals surface area contributed by atoms with Crippen molar-refractivity contribution in [2.75, 3.05) is 13.1 Å². The number of nitrogens with zero attached hydrogens (tertiary/aromatic N) is 1. The minimum Gasteiger partial charge on any atom is -0.461 e. The summed E-state index contributed by atoms with van der Waals surface area (Å²) in [6.07, 6.45) is 5.38. The molecule has 1 unspecified atom stereocenters. The number of nitrogens with one attached hydrogen (secondary N) is 1. The van der Waals surface area contributed by atoms with Gasteiger partial charge in [0, 0.05) is 36.1 Å². The molecule has 3 heteroatoms. The first kappa shape index (κ1) is 13.4. The van der Waals surface area contributed by atoms with E-state index in [1.807, 2.05) is 0 Å². The molecule has 1 aromatic heterocycles. The Morgan fingerprint density at radius 3 is 2.86 bits per heavy atom. The van der Waals surface area contributed by atoms with E-state index in [9.17, 15) is 0 Å². The Labute approximate surface area is 126 Å².